The molecule has 2 heterocycles. The second-order valence-electron chi connectivity index (χ2n) is 5.48. The van der Waals surface area contributed by atoms with E-state index in [9.17, 15) is 0 Å². The number of aromatic nitrogens is 1. The number of hydrogen-bond acceptors (Lipinski definition) is 3. The number of piperidine rings is 1. The summed E-state index contributed by atoms with van der Waals surface area (Å²) in [5.74, 6) is 2.38. The van der Waals surface area contributed by atoms with E-state index >= 15 is 0 Å². The quantitative estimate of drug-likeness (QED) is 0.833. The van der Waals surface area contributed by atoms with Crippen molar-refractivity contribution in [2.24, 2.45) is 17.6 Å². The first-order valence-electron chi connectivity index (χ1n) is 6.51. The van der Waals surface area contributed by atoms with E-state index < -0.39 is 0 Å². The second kappa shape index (κ2) is 5.22. The highest BCUT2D eigenvalue weighted by Gasteiger charge is 2.29. The highest BCUT2D eigenvalue weighted by Crippen LogP contribution is 2.30. The second-order valence-corrected chi connectivity index (χ2v) is 5.92. The van der Waals surface area contributed by atoms with Crippen molar-refractivity contribution in [3.05, 3.63) is 23.9 Å². The third kappa shape index (κ3) is 2.64. The summed E-state index contributed by atoms with van der Waals surface area (Å²) < 4.78 is 0. The fourth-order valence-corrected chi connectivity index (χ4v) is 2.87. The number of pyridine rings is 1. The molecular formula is C14H21N3S. The molecule has 3 atom stereocenters. The van der Waals surface area contributed by atoms with Gasteiger partial charge < -0.3 is 10.6 Å². The predicted octanol–water partition coefficient (Wildman–Crippen LogP) is 2.59. The van der Waals surface area contributed by atoms with E-state index in [4.69, 9.17) is 18.0 Å². The minimum Gasteiger partial charge on any atom is -0.389 e. The van der Waals surface area contributed by atoms with Crippen LogP contribution < -0.4 is 10.6 Å². The van der Waals surface area contributed by atoms with Gasteiger partial charge in [-0.15, -0.1) is 0 Å². The molecule has 1 aromatic rings. The van der Waals surface area contributed by atoms with Gasteiger partial charge in [0.25, 0.3) is 0 Å². The number of nitrogens with zero attached hydrogens (tertiary/aromatic N) is 2. The number of thiocarbonyl (C=S) groups is 1. The maximum atomic E-state index is 5.69. The largest absolute Gasteiger partial charge is 0.389 e. The molecule has 2 rings (SSSR count). The molecule has 1 aliphatic rings. The topological polar surface area (TPSA) is 42.1 Å². The Labute approximate surface area is 114 Å². The van der Waals surface area contributed by atoms with Gasteiger partial charge in [-0.3, -0.25) is 0 Å². The van der Waals surface area contributed by atoms with Crippen LogP contribution in [0.1, 0.15) is 32.8 Å². The Hall–Kier alpha value is -1.16. The highest BCUT2D eigenvalue weighted by atomic mass is 32.1. The van der Waals surface area contributed by atoms with Gasteiger partial charge in [0.15, 0.2) is 0 Å². The van der Waals surface area contributed by atoms with E-state index in [0.717, 1.165) is 17.9 Å². The van der Waals surface area contributed by atoms with Crippen LogP contribution >= 0.6 is 12.2 Å². The fraction of sp³-hybridized carbons (Fsp3) is 0.571. The van der Waals surface area contributed by atoms with Crippen molar-refractivity contribution in [2.45, 2.75) is 33.2 Å². The van der Waals surface area contributed by atoms with Crippen molar-refractivity contribution in [3.8, 4) is 0 Å². The van der Waals surface area contributed by atoms with Crippen LogP contribution in [0.25, 0.3) is 0 Å². The van der Waals surface area contributed by atoms with E-state index in [1.165, 1.54) is 6.42 Å². The Bertz CT molecular complexity index is 446. The van der Waals surface area contributed by atoms with Crippen LogP contribution in [0, 0.1) is 11.8 Å². The normalized spacial score (nSPS) is 28.2. The van der Waals surface area contributed by atoms with Gasteiger partial charge in [-0.1, -0.05) is 26.1 Å². The zero-order chi connectivity index (χ0) is 13.3. The predicted molar refractivity (Wildman–Crippen MR) is 79.9 cm³/mol. The van der Waals surface area contributed by atoms with E-state index in [2.05, 4.69) is 30.7 Å². The van der Waals surface area contributed by atoms with E-state index in [0.29, 0.717) is 22.9 Å². The van der Waals surface area contributed by atoms with Crippen molar-refractivity contribution in [2.75, 3.05) is 11.4 Å². The molecule has 98 valence electrons. The zero-order valence-corrected chi connectivity index (χ0v) is 12.1. The molecule has 18 heavy (non-hydrogen) atoms. The molecular weight excluding hydrogens is 242 g/mol. The SMILES string of the molecule is CC1CC(C)C(C)N(c2cc(C(N)=S)ccn2)C1. The Kier molecular flexibility index (Phi) is 3.85. The van der Waals surface area contributed by atoms with Crippen molar-refractivity contribution < 1.29 is 0 Å². The monoisotopic (exact) mass is 263 g/mol. The summed E-state index contributed by atoms with van der Waals surface area (Å²) in [6, 6.07) is 4.38. The van der Waals surface area contributed by atoms with E-state index in [1.54, 1.807) is 6.20 Å². The molecule has 0 bridgehead atoms. The van der Waals surface area contributed by atoms with Crippen LogP contribution in [0.2, 0.25) is 0 Å². The third-order valence-electron chi connectivity index (χ3n) is 3.92. The summed E-state index contributed by atoms with van der Waals surface area (Å²) in [7, 11) is 0. The summed E-state index contributed by atoms with van der Waals surface area (Å²) >= 11 is 5.03. The van der Waals surface area contributed by atoms with Crippen molar-refractivity contribution in [1.82, 2.24) is 4.98 Å². The van der Waals surface area contributed by atoms with Crippen LogP contribution in [0.15, 0.2) is 18.3 Å². The molecule has 0 radical (unpaired) electrons. The molecule has 0 saturated carbocycles. The number of hydrogen-bond donors (Lipinski definition) is 1. The Morgan fingerprint density at radius 1 is 1.44 bits per heavy atom. The average molecular weight is 263 g/mol. The zero-order valence-electron chi connectivity index (χ0n) is 11.3. The van der Waals surface area contributed by atoms with Gasteiger partial charge in [-0.2, -0.15) is 0 Å². The minimum atomic E-state index is 0.435. The average Bonchev–Trinajstić information content (AvgIpc) is 2.34. The highest BCUT2D eigenvalue weighted by molar-refractivity contribution is 7.80. The van der Waals surface area contributed by atoms with Crippen LogP contribution in [-0.2, 0) is 0 Å². The minimum absolute atomic E-state index is 0.435. The molecule has 0 spiro atoms. The van der Waals surface area contributed by atoms with Gasteiger partial charge in [0.1, 0.15) is 10.8 Å². The molecule has 1 aromatic heterocycles. The summed E-state index contributed by atoms with van der Waals surface area (Å²) in [6.07, 6.45) is 3.08. The lowest BCUT2D eigenvalue weighted by Gasteiger charge is -2.42. The molecule has 3 unspecified atom stereocenters. The number of nitrogens with two attached hydrogens (primary N) is 1. The number of rotatable bonds is 2. The number of anilines is 1. The molecule has 1 aliphatic heterocycles. The van der Waals surface area contributed by atoms with Crippen molar-refractivity contribution in [3.63, 3.8) is 0 Å². The van der Waals surface area contributed by atoms with Gasteiger partial charge in [0.05, 0.1) is 0 Å². The summed E-state index contributed by atoms with van der Waals surface area (Å²) in [6.45, 7) is 7.93. The Morgan fingerprint density at radius 3 is 2.83 bits per heavy atom. The van der Waals surface area contributed by atoms with Crippen molar-refractivity contribution in [1.29, 1.82) is 0 Å². The summed E-state index contributed by atoms with van der Waals surface area (Å²) in [5.41, 5.74) is 6.58. The summed E-state index contributed by atoms with van der Waals surface area (Å²) in [4.78, 5) is 7.29. The lowest BCUT2D eigenvalue weighted by atomic mass is 9.86. The lowest BCUT2D eigenvalue weighted by molar-refractivity contribution is 0.295. The van der Waals surface area contributed by atoms with E-state index in [1.807, 2.05) is 12.1 Å². The molecule has 0 aromatic carbocycles. The third-order valence-corrected chi connectivity index (χ3v) is 4.16. The first kappa shape index (κ1) is 13.3. The van der Waals surface area contributed by atoms with Crippen LogP contribution in [0.5, 0.6) is 0 Å². The van der Waals surface area contributed by atoms with Crippen molar-refractivity contribution >= 4 is 23.0 Å². The van der Waals surface area contributed by atoms with Gasteiger partial charge in [0.2, 0.25) is 0 Å². The molecule has 1 saturated heterocycles. The fourth-order valence-electron chi connectivity index (χ4n) is 2.75. The van der Waals surface area contributed by atoms with Gasteiger partial charge in [-0.25, -0.2) is 4.98 Å². The molecule has 0 aliphatic carbocycles. The molecule has 4 heteroatoms. The lowest BCUT2D eigenvalue weighted by Crippen LogP contribution is -2.46. The first-order chi connectivity index (χ1) is 8.49. The maximum Gasteiger partial charge on any atom is 0.129 e. The molecule has 0 amide bonds. The van der Waals surface area contributed by atoms with Gasteiger partial charge in [-0.05, 0) is 37.3 Å². The van der Waals surface area contributed by atoms with Gasteiger partial charge >= 0.3 is 0 Å². The smallest absolute Gasteiger partial charge is 0.129 e. The molecule has 1 fully saturated rings. The molecule has 3 nitrogen and oxygen atoms in total. The Morgan fingerprint density at radius 2 is 2.17 bits per heavy atom. The first-order valence-corrected chi connectivity index (χ1v) is 6.92. The standard InChI is InChI=1S/C14H21N3S/c1-9-6-10(2)11(3)17(8-9)13-7-12(14(15)18)4-5-16-13/h4-5,7,9-11H,6,8H2,1-3H3,(H2,15,18). The van der Waals surface area contributed by atoms with Crippen LogP contribution in [0.4, 0.5) is 5.82 Å². The summed E-state index contributed by atoms with van der Waals surface area (Å²) in [5, 5.41) is 0. The van der Waals surface area contributed by atoms with Gasteiger partial charge in [0, 0.05) is 24.3 Å². The Balaban J connectivity index is 2.29. The van der Waals surface area contributed by atoms with Crippen LogP contribution in [-0.4, -0.2) is 22.6 Å². The maximum absolute atomic E-state index is 5.69. The molecule has 2 N–H and O–H groups in total. The van der Waals surface area contributed by atoms with E-state index in [-0.39, 0.29) is 0 Å². The van der Waals surface area contributed by atoms with Crippen LogP contribution in [0.3, 0.4) is 0 Å².